The van der Waals surface area contributed by atoms with Gasteiger partial charge >= 0.3 is 0 Å². The van der Waals surface area contributed by atoms with E-state index >= 15 is 0 Å². The number of nitrogens with two attached hydrogens (primary N) is 1. The predicted octanol–water partition coefficient (Wildman–Crippen LogP) is 2.23. The Labute approximate surface area is 117 Å². The Balaban J connectivity index is 2.12. The van der Waals surface area contributed by atoms with E-state index in [1.165, 1.54) is 24.3 Å². The van der Waals surface area contributed by atoms with Crippen LogP contribution in [0.1, 0.15) is 11.1 Å². The standard InChI is InChI=1S/C14H15FN2O2S/c15-13-4-6-14(7-5-13)17-20(18,19)10-12-3-1-2-11(8-12)9-16/h1-8,17H,9-10,16H2. The summed E-state index contributed by atoms with van der Waals surface area (Å²) in [6, 6.07) is 12.2. The molecule has 0 amide bonds. The van der Waals surface area contributed by atoms with Crippen molar-refractivity contribution in [1.29, 1.82) is 0 Å². The average Bonchev–Trinajstić information content (AvgIpc) is 2.41. The molecule has 0 aliphatic rings. The van der Waals surface area contributed by atoms with Gasteiger partial charge in [0.05, 0.1) is 5.75 Å². The van der Waals surface area contributed by atoms with Gasteiger partial charge in [0.15, 0.2) is 0 Å². The van der Waals surface area contributed by atoms with E-state index in [0.29, 0.717) is 17.8 Å². The molecule has 2 rings (SSSR count). The minimum atomic E-state index is -3.54. The highest BCUT2D eigenvalue weighted by Gasteiger charge is 2.12. The van der Waals surface area contributed by atoms with Crippen LogP contribution in [0.2, 0.25) is 0 Å². The summed E-state index contributed by atoms with van der Waals surface area (Å²) in [4.78, 5) is 0. The largest absolute Gasteiger partial charge is 0.326 e. The van der Waals surface area contributed by atoms with Gasteiger partial charge in [-0.1, -0.05) is 24.3 Å². The van der Waals surface area contributed by atoms with Crippen LogP contribution in [0, 0.1) is 5.82 Å². The van der Waals surface area contributed by atoms with E-state index in [1.807, 2.05) is 6.07 Å². The van der Waals surface area contributed by atoms with E-state index in [-0.39, 0.29) is 5.75 Å². The highest BCUT2D eigenvalue weighted by atomic mass is 32.2. The normalized spacial score (nSPS) is 11.3. The number of hydrogen-bond acceptors (Lipinski definition) is 3. The van der Waals surface area contributed by atoms with E-state index in [2.05, 4.69) is 4.72 Å². The minimum absolute atomic E-state index is 0.155. The molecule has 6 heteroatoms. The molecule has 0 fully saturated rings. The third-order valence-corrected chi connectivity index (χ3v) is 3.96. The first-order valence-electron chi connectivity index (χ1n) is 6.02. The Morgan fingerprint density at radius 2 is 1.70 bits per heavy atom. The molecular weight excluding hydrogens is 279 g/mol. The molecule has 2 aromatic carbocycles. The number of halogens is 1. The van der Waals surface area contributed by atoms with Gasteiger partial charge in [-0.3, -0.25) is 4.72 Å². The Hall–Kier alpha value is -1.92. The van der Waals surface area contributed by atoms with Crippen molar-refractivity contribution in [2.45, 2.75) is 12.3 Å². The fourth-order valence-electron chi connectivity index (χ4n) is 1.80. The molecule has 0 saturated heterocycles. The van der Waals surface area contributed by atoms with Gasteiger partial charge in [-0.05, 0) is 35.4 Å². The van der Waals surface area contributed by atoms with Crippen LogP contribution >= 0.6 is 0 Å². The van der Waals surface area contributed by atoms with Crippen LogP contribution in [0.15, 0.2) is 48.5 Å². The van der Waals surface area contributed by atoms with Gasteiger partial charge in [-0.25, -0.2) is 12.8 Å². The number of anilines is 1. The maximum Gasteiger partial charge on any atom is 0.236 e. The van der Waals surface area contributed by atoms with Crippen molar-refractivity contribution in [3.63, 3.8) is 0 Å². The SMILES string of the molecule is NCc1cccc(CS(=O)(=O)Nc2ccc(F)cc2)c1. The third-order valence-electron chi connectivity index (χ3n) is 2.70. The van der Waals surface area contributed by atoms with Gasteiger partial charge in [0, 0.05) is 12.2 Å². The lowest BCUT2D eigenvalue weighted by atomic mass is 10.1. The van der Waals surface area contributed by atoms with Gasteiger partial charge in [0.2, 0.25) is 10.0 Å². The van der Waals surface area contributed by atoms with Crippen molar-refractivity contribution in [2.75, 3.05) is 4.72 Å². The second-order valence-electron chi connectivity index (χ2n) is 4.39. The molecule has 3 N–H and O–H groups in total. The molecule has 20 heavy (non-hydrogen) atoms. The second kappa shape index (κ2) is 6.02. The Kier molecular flexibility index (Phi) is 4.36. The molecule has 0 atom stereocenters. The fraction of sp³-hybridized carbons (Fsp3) is 0.143. The van der Waals surface area contributed by atoms with Gasteiger partial charge < -0.3 is 5.73 Å². The Bertz CT molecular complexity index is 685. The quantitative estimate of drug-likeness (QED) is 0.888. The smallest absolute Gasteiger partial charge is 0.236 e. The Morgan fingerprint density at radius 1 is 1.05 bits per heavy atom. The number of sulfonamides is 1. The molecule has 0 aliphatic carbocycles. The summed E-state index contributed by atoms with van der Waals surface area (Å²) in [5.41, 5.74) is 7.38. The van der Waals surface area contributed by atoms with Gasteiger partial charge in [-0.15, -0.1) is 0 Å². The van der Waals surface area contributed by atoms with Crippen molar-refractivity contribution in [1.82, 2.24) is 0 Å². The zero-order chi connectivity index (χ0) is 14.6. The summed E-state index contributed by atoms with van der Waals surface area (Å²) in [7, 11) is -3.54. The van der Waals surface area contributed by atoms with Gasteiger partial charge in [0.1, 0.15) is 5.82 Å². The number of benzene rings is 2. The first-order chi connectivity index (χ1) is 9.48. The number of rotatable bonds is 5. The van der Waals surface area contributed by atoms with Crippen molar-refractivity contribution in [3.05, 3.63) is 65.5 Å². The van der Waals surface area contributed by atoms with Crippen molar-refractivity contribution in [3.8, 4) is 0 Å². The highest BCUT2D eigenvalue weighted by molar-refractivity contribution is 7.91. The maximum absolute atomic E-state index is 12.8. The Morgan fingerprint density at radius 3 is 2.35 bits per heavy atom. The molecule has 106 valence electrons. The van der Waals surface area contributed by atoms with Crippen molar-refractivity contribution >= 4 is 15.7 Å². The monoisotopic (exact) mass is 294 g/mol. The van der Waals surface area contributed by atoms with Crippen LogP contribution in [0.3, 0.4) is 0 Å². The van der Waals surface area contributed by atoms with Crippen molar-refractivity contribution < 1.29 is 12.8 Å². The van der Waals surface area contributed by atoms with E-state index in [9.17, 15) is 12.8 Å². The van der Waals surface area contributed by atoms with E-state index in [1.54, 1.807) is 18.2 Å². The highest BCUT2D eigenvalue weighted by Crippen LogP contribution is 2.14. The maximum atomic E-state index is 12.8. The predicted molar refractivity (Wildman–Crippen MR) is 77.0 cm³/mol. The van der Waals surface area contributed by atoms with Crippen LogP contribution in [0.25, 0.3) is 0 Å². The average molecular weight is 294 g/mol. The summed E-state index contributed by atoms with van der Waals surface area (Å²) in [6.07, 6.45) is 0. The van der Waals surface area contributed by atoms with Crippen LogP contribution in [0.5, 0.6) is 0 Å². The summed E-state index contributed by atoms with van der Waals surface area (Å²) in [6.45, 7) is 0.360. The van der Waals surface area contributed by atoms with Crippen molar-refractivity contribution in [2.24, 2.45) is 5.73 Å². The van der Waals surface area contributed by atoms with Crippen LogP contribution in [-0.4, -0.2) is 8.42 Å². The molecule has 0 unspecified atom stereocenters. The molecule has 2 aromatic rings. The molecule has 0 saturated carbocycles. The number of nitrogens with one attached hydrogen (secondary N) is 1. The van der Waals surface area contributed by atoms with E-state index in [4.69, 9.17) is 5.73 Å². The molecule has 0 heterocycles. The lowest BCUT2D eigenvalue weighted by molar-refractivity contribution is 0.600. The molecule has 0 bridgehead atoms. The van der Waals surface area contributed by atoms with Crippen LogP contribution in [0.4, 0.5) is 10.1 Å². The topological polar surface area (TPSA) is 72.2 Å². The molecular formula is C14H15FN2O2S. The summed E-state index contributed by atoms with van der Waals surface area (Å²) < 4.78 is 39.2. The second-order valence-corrected chi connectivity index (χ2v) is 6.11. The zero-order valence-electron chi connectivity index (χ0n) is 10.7. The minimum Gasteiger partial charge on any atom is -0.326 e. The fourth-order valence-corrected chi connectivity index (χ4v) is 2.99. The summed E-state index contributed by atoms with van der Waals surface area (Å²) >= 11 is 0. The first-order valence-corrected chi connectivity index (χ1v) is 7.68. The first kappa shape index (κ1) is 14.5. The third kappa shape index (κ3) is 4.04. The molecule has 0 spiro atoms. The van der Waals surface area contributed by atoms with E-state index in [0.717, 1.165) is 5.56 Å². The van der Waals surface area contributed by atoms with Gasteiger partial charge in [-0.2, -0.15) is 0 Å². The number of hydrogen-bond donors (Lipinski definition) is 2. The van der Waals surface area contributed by atoms with Crippen LogP contribution < -0.4 is 10.5 Å². The molecule has 0 aromatic heterocycles. The molecule has 0 aliphatic heterocycles. The van der Waals surface area contributed by atoms with Gasteiger partial charge in [0.25, 0.3) is 0 Å². The summed E-state index contributed by atoms with van der Waals surface area (Å²) in [5.74, 6) is -0.568. The lowest BCUT2D eigenvalue weighted by Crippen LogP contribution is -2.15. The zero-order valence-corrected chi connectivity index (χ0v) is 11.5. The summed E-state index contributed by atoms with van der Waals surface area (Å²) in [5, 5.41) is 0. The lowest BCUT2D eigenvalue weighted by Gasteiger charge is -2.09. The molecule has 4 nitrogen and oxygen atoms in total. The van der Waals surface area contributed by atoms with E-state index < -0.39 is 15.8 Å². The molecule has 0 radical (unpaired) electrons. The van der Waals surface area contributed by atoms with Crippen LogP contribution in [-0.2, 0) is 22.3 Å².